The van der Waals surface area contributed by atoms with Crippen LogP contribution in [0.25, 0.3) is 0 Å². The number of nitrogens with two attached hydrogens (primary N) is 1. The fourth-order valence-corrected chi connectivity index (χ4v) is 7.61. The van der Waals surface area contributed by atoms with Gasteiger partial charge in [0.05, 0.1) is 37.2 Å². The molecule has 266 valence electrons. The van der Waals surface area contributed by atoms with Gasteiger partial charge in [0.25, 0.3) is 0 Å². The Balaban J connectivity index is 1.25. The van der Waals surface area contributed by atoms with Crippen molar-refractivity contribution in [2.24, 2.45) is 16.6 Å². The molecule has 2 aromatic carbocycles. The van der Waals surface area contributed by atoms with E-state index in [4.69, 9.17) is 15.2 Å². The molecular formula is C38H47N5O6S. The zero-order chi connectivity index (χ0) is 35.3. The van der Waals surface area contributed by atoms with Crippen LogP contribution >= 0.6 is 11.3 Å². The number of hydrogen-bond donors (Lipinski definition) is 3. The third kappa shape index (κ3) is 10.0. The molecule has 2 heterocycles. The predicted octanol–water partition coefficient (Wildman–Crippen LogP) is 5.13. The van der Waals surface area contributed by atoms with E-state index in [1.165, 1.54) is 17.8 Å². The van der Waals surface area contributed by atoms with Crippen LogP contribution in [-0.2, 0) is 30.4 Å². The lowest BCUT2D eigenvalue weighted by Gasteiger charge is -2.33. The zero-order valence-electron chi connectivity index (χ0n) is 28.6. The summed E-state index contributed by atoms with van der Waals surface area (Å²) in [5, 5.41) is 6.18. The van der Waals surface area contributed by atoms with Crippen LogP contribution in [0, 0.1) is 5.92 Å². The summed E-state index contributed by atoms with van der Waals surface area (Å²) in [6, 6.07) is 21.4. The standard InChI is InChI=1S/C38H47N5O6S/c1-2-48-32(44)24-40-34(33(27-15-8-4-9-16-27)28-17-10-5-11-18-28)37(46)43-22-12-19-30(43)36(45)41-23-29-20-21-31(50-29)35(39)42-38(47)49-25-26-13-6-3-7-14-26/h4-5,8-11,15-18,20-21,26,30,33-34,40H,2-3,6-7,12-14,19,22-25H2,1H3,(H,41,45)(H2,39,42,47). The lowest BCUT2D eigenvalue weighted by Crippen LogP contribution is -2.55. The van der Waals surface area contributed by atoms with Gasteiger partial charge >= 0.3 is 12.1 Å². The Morgan fingerprint density at radius 1 is 0.900 bits per heavy atom. The number of amides is 3. The van der Waals surface area contributed by atoms with Crippen molar-refractivity contribution in [1.82, 2.24) is 15.5 Å². The third-order valence-corrected chi connectivity index (χ3v) is 10.4. The van der Waals surface area contributed by atoms with Gasteiger partial charge in [-0.05, 0) is 61.8 Å². The first-order valence-electron chi connectivity index (χ1n) is 17.5. The zero-order valence-corrected chi connectivity index (χ0v) is 29.4. The number of likely N-dealkylation sites (tertiary alicyclic amines) is 1. The van der Waals surface area contributed by atoms with Gasteiger partial charge in [0.1, 0.15) is 11.9 Å². The molecule has 2 unspecified atom stereocenters. The summed E-state index contributed by atoms with van der Waals surface area (Å²) >= 11 is 1.33. The van der Waals surface area contributed by atoms with Crippen molar-refractivity contribution in [3.63, 3.8) is 0 Å². The van der Waals surface area contributed by atoms with E-state index in [0.29, 0.717) is 36.8 Å². The van der Waals surface area contributed by atoms with Gasteiger partial charge < -0.3 is 25.4 Å². The molecule has 50 heavy (non-hydrogen) atoms. The van der Waals surface area contributed by atoms with Crippen LogP contribution in [0.3, 0.4) is 0 Å². The number of nitrogens with one attached hydrogen (secondary N) is 2. The topological polar surface area (TPSA) is 152 Å². The predicted molar refractivity (Wildman–Crippen MR) is 193 cm³/mol. The van der Waals surface area contributed by atoms with Crippen molar-refractivity contribution < 1.29 is 28.7 Å². The summed E-state index contributed by atoms with van der Waals surface area (Å²) in [7, 11) is 0. The molecule has 2 fully saturated rings. The Hall–Kier alpha value is -4.55. The molecule has 1 aliphatic heterocycles. The highest BCUT2D eigenvalue weighted by Crippen LogP contribution is 2.31. The van der Waals surface area contributed by atoms with Gasteiger partial charge in [-0.25, -0.2) is 4.79 Å². The molecule has 0 radical (unpaired) electrons. The van der Waals surface area contributed by atoms with Crippen molar-refractivity contribution in [2.45, 2.75) is 76.4 Å². The Morgan fingerprint density at radius 2 is 1.58 bits per heavy atom. The molecule has 1 aromatic heterocycles. The second-order valence-electron chi connectivity index (χ2n) is 12.7. The minimum Gasteiger partial charge on any atom is -0.465 e. The summed E-state index contributed by atoms with van der Waals surface area (Å²) in [6.45, 7) is 2.81. The number of thiophene rings is 1. The van der Waals surface area contributed by atoms with Crippen molar-refractivity contribution in [2.75, 3.05) is 26.3 Å². The SMILES string of the molecule is CCOC(=O)CNC(C(=O)N1CCCC1C(=O)NCc1ccc(/C(N)=N/C(=O)OCC2CCCCC2)s1)C(c1ccccc1)c1ccccc1. The van der Waals surface area contributed by atoms with E-state index < -0.39 is 30.1 Å². The number of carbonyl (C=O) groups excluding carboxylic acids is 4. The molecule has 2 atom stereocenters. The van der Waals surface area contributed by atoms with Gasteiger partial charge in [0.15, 0.2) is 0 Å². The highest BCUT2D eigenvalue weighted by atomic mass is 32.1. The van der Waals surface area contributed by atoms with Gasteiger partial charge in [-0.3, -0.25) is 19.7 Å². The van der Waals surface area contributed by atoms with E-state index in [9.17, 15) is 19.2 Å². The lowest BCUT2D eigenvalue weighted by molar-refractivity contribution is -0.143. The number of carbonyl (C=O) groups is 4. The number of rotatable bonds is 14. The molecule has 2 aliphatic rings. The average Bonchev–Trinajstić information content (AvgIpc) is 3.83. The van der Waals surface area contributed by atoms with Crippen molar-refractivity contribution in [3.05, 3.63) is 93.7 Å². The molecule has 3 aromatic rings. The molecule has 12 heteroatoms. The van der Waals surface area contributed by atoms with Gasteiger partial charge in [0.2, 0.25) is 11.8 Å². The number of amidine groups is 1. The fourth-order valence-electron chi connectivity index (χ4n) is 6.76. The second-order valence-corrected chi connectivity index (χ2v) is 13.9. The highest BCUT2D eigenvalue weighted by Gasteiger charge is 2.41. The van der Waals surface area contributed by atoms with Crippen LogP contribution in [-0.4, -0.2) is 73.0 Å². The molecule has 1 saturated heterocycles. The van der Waals surface area contributed by atoms with Gasteiger partial charge in [-0.1, -0.05) is 79.9 Å². The molecule has 3 amide bonds. The maximum absolute atomic E-state index is 14.5. The summed E-state index contributed by atoms with van der Waals surface area (Å²) in [5.74, 6) is -0.959. The Kier molecular flexibility index (Phi) is 13.5. The lowest BCUT2D eigenvalue weighted by atomic mass is 9.84. The van der Waals surface area contributed by atoms with E-state index in [0.717, 1.165) is 41.7 Å². The quantitative estimate of drug-likeness (QED) is 0.119. The van der Waals surface area contributed by atoms with Crippen LogP contribution in [0.15, 0.2) is 77.8 Å². The Labute approximate surface area is 297 Å². The molecule has 5 rings (SSSR count). The third-order valence-electron chi connectivity index (χ3n) is 9.26. The molecule has 0 spiro atoms. The Morgan fingerprint density at radius 3 is 2.24 bits per heavy atom. The first kappa shape index (κ1) is 36.7. The van der Waals surface area contributed by atoms with E-state index in [2.05, 4.69) is 15.6 Å². The first-order chi connectivity index (χ1) is 24.3. The van der Waals surface area contributed by atoms with Crippen molar-refractivity contribution in [3.8, 4) is 0 Å². The number of esters is 1. The maximum Gasteiger partial charge on any atom is 0.435 e. The van der Waals surface area contributed by atoms with Gasteiger partial charge in [-0.15, -0.1) is 11.3 Å². The van der Waals surface area contributed by atoms with Crippen LogP contribution < -0.4 is 16.4 Å². The highest BCUT2D eigenvalue weighted by molar-refractivity contribution is 7.14. The minimum absolute atomic E-state index is 0.0709. The van der Waals surface area contributed by atoms with Crippen LogP contribution in [0.4, 0.5) is 4.79 Å². The molecular weight excluding hydrogens is 655 g/mol. The molecule has 1 aliphatic carbocycles. The van der Waals surface area contributed by atoms with Crippen molar-refractivity contribution in [1.29, 1.82) is 0 Å². The van der Waals surface area contributed by atoms with Crippen molar-refractivity contribution >= 4 is 41.0 Å². The molecule has 0 bridgehead atoms. The van der Waals surface area contributed by atoms with E-state index in [-0.39, 0.29) is 37.3 Å². The number of aliphatic imine (C=N–C) groups is 1. The summed E-state index contributed by atoms with van der Waals surface area (Å²) in [5.41, 5.74) is 7.92. The maximum atomic E-state index is 14.5. The minimum atomic E-state index is -0.839. The summed E-state index contributed by atoms with van der Waals surface area (Å²) in [6.07, 6.45) is 6.17. The van der Waals surface area contributed by atoms with Crippen LogP contribution in [0.5, 0.6) is 0 Å². The molecule has 11 nitrogen and oxygen atoms in total. The van der Waals surface area contributed by atoms with E-state index >= 15 is 0 Å². The molecule has 4 N–H and O–H groups in total. The summed E-state index contributed by atoms with van der Waals surface area (Å²) in [4.78, 5) is 59.8. The van der Waals surface area contributed by atoms with Crippen LogP contribution in [0.1, 0.15) is 78.7 Å². The van der Waals surface area contributed by atoms with Gasteiger partial charge in [-0.2, -0.15) is 4.99 Å². The van der Waals surface area contributed by atoms with E-state index in [1.54, 1.807) is 17.9 Å². The van der Waals surface area contributed by atoms with Crippen LogP contribution in [0.2, 0.25) is 0 Å². The average molecular weight is 702 g/mol. The normalized spacial score (nSPS) is 17.4. The Bertz CT molecular complexity index is 1570. The number of hydrogen-bond acceptors (Lipinski definition) is 8. The number of ether oxygens (including phenoxy) is 2. The monoisotopic (exact) mass is 701 g/mol. The number of nitrogens with zero attached hydrogens (tertiary/aromatic N) is 2. The van der Waals surface area contributed by atoms with E-state index in [1.807, 2.05) is 66.7 Å². The van der Waals surface area contributed by atoms with Gasteiger partial charge in [0, 0.05) is 17.3 Å². The molecule has 1 saturated carbocycles. The smallest absolute Gasteiger partial charge is 0.435 e. The second kappa shape index (κ2) is 18.4. The number of benzene rings is 2. The largest absolute Gasteiger partial charge is 0.465 e. The first-order valence-corrected chi connectivity index (χ1v) is 18.3. The fraction of sp³-hybridized carbons (Fsp3) is 0.447. The summed E-state index contributed by atoms with van der Waals surface area (Å²) < 4.78 is 10.5.